The summed E-state index contributed by atoms with van der Waals surface area (Å²) < 4.78 is 70.6. The number of nitrogens with one attached hydrogen (secondary N) is 1. The first-order valence-corrected chi connectivity index (χ1v) is 11.0. The van der Waals surface area contributed by atoms with Crippen LogP contribution in [0.2, 0.25) is 5.02 Å². The number of ether oxygens (including phenoxy) is 1. The molecule has 0 aliphatic carbocycles. The fourth-order valence-corrected chi connectivity index (χ4v) is 4.11. The molecule has 1 N–H and O–H groups in total. The molecule has 0 aliphatic heterocycles. The van der Waals surface area contributed by atoms with Gasteiger partial charge in [-0.05, 0) is 56.3 Å². The van der Waals surface area contributed by atoms with Crippen molar-refractivity contribution in [2.75, 3.05) is 22.5 Å². The summed E-state index contributed by atoms with van der Waals surface area (Å²) in [6.45, 7) is 3.47. The average molecular weight is 465 g/mol. The Morgan fingerprint density at radius 2 is 1.80 bits per heavy atom. The lowest BCUT2D eigenvalue weighted by molar-refractivity contribution is -0.137. The van der Waals surface area contributed by atoms with E-state index < -0.39 is 39.4 Å². The fraction of sp³-hybridized carbons (Fsp3) is 0.316. The highest BCUT2D eigenvalue weighted by Gasteiger charge is 2.35. The van der Waals surface area contributed by atoms with Gasteiger partial charge in [-0.15, -0.1) is 0 Å². The van der Waals surface area contributed by atoms with Crippen molar-refractivity contribution in [1.82, 2.24) is 0 Å². The number of benzene rings is 2. The molecule has 0 fully saturated rings. The zero-order valence-corrected chi connectivity index (χ0v) is 17.9. The molecule has 2 aromatic carbocycles. The summed E-state index contributed by atoms with van der Waals surface area (Å²) in [7, 11) is -3.94. The van der Waals surface area contributed by atoms with Crippen LogP contribution in [-0.4, -0.2) is 33.2 Å². The molecule has 6 nitrogen and oxygen atoms in total. The van der Waals surface area contributed by atoms with E-state index in [1.807, 2.05) is 0 Å². The molecular formula is C19H20ClF3N2O4S. The van der Waals surface area contributed by atoms with Crippen LogP contribution in [0.3, 0.4) is 0 Å². The molecule has 2 aromatic rings. The molecule has 0 aromatic heterocycles. The summed E-state index contributed by atoms with van der Waals surface area (Å²) in [5.41, 5.74) is -1.50. The van der Waals surface area contributed by atoms with Crippen molar-refractivity contribution in [3.63, 3.8) is 0 Å². The molecule has 0 spiro atoms. The minimum atomic E-state index is -4.76. The van der Waals surface area contributed by atoms with Crippen molar-refractivity contribution in [3.05, 3.63) is 53.1 Å². The lowest BCUT2D eigenvalue weighted by atomic mass is 10.1. The molecule has 0 heterocycles. The number of carbonyl (C=O) groups is 1. The molecule has 1 amide bonds. The Morgan fingerprint density at radius 3 is 2.30 bits per heavy atom. The number of anilines is 2. The minimum absolute atomic E-state index is 0.152. The van der Waals surface area contributed by atoms with E-state index in [4.69, 9.17) is 16.3 Å². The second kappa shape index (κ2) is 9.13. The smallest absolute Gasteiger partial charge is 0.418 e. The minimum Gasteiger partial charge on any atom is -0.494 e. The predicted octanol–water partition coefficient (Wildman–Crippen LogP) is 4.55. The quantitative estimate of drug-likeness (QED) is 0.652. The number of rotatable bonds is 7. The zero-order chi connectivity index (χ0) is 22.7. The van der Waals surface area contributed by atoms with Crippen molar-refractivity contribution in [2.45, 2.75) is 26.1 Å². The average Bonchev–Trinajstić information content (AvgIpc) is 2.63. The molecule has 164 valence electrons. The van der Waals surface area contributed by atoms with Gasteiger partial charge in [-0.2, -0.15) is 13.2 Å². The van der Waals surface area contributed by atoms with E-state index in [-0.39, 0.29) is 10.7 Å². The van der Waals surface area contributed by atoms with Crippen molar-refractivity contribution in [3.8, 4) is 5.75 Å². The van der Waals surface area contributed by atoms with E-state index in [9.17, 15) is 26.4 Å². The summed E-state index contributed by atoms with van der Waals surface area (Å²) in [6, 6.07) is 7.50. The number of amides is 1. The molecule has 0 unspecified atom stereocenters. The molecule has 0 aliphatic rings. The van der Waals surface area contributed by atoms with Gasteiger partial charge in [-0.25, -0.2) is 8.42 Å². The highest BCUT2D eigenvalue weighted by molar-refractivity contribution is 7.92. The Kier molecular flexibility index (Phi) is 7.25. The van der Waals surface area contributed by atoms with Gasteiger partial charge in [0.1, 0.15) is 11.8 Å². The van der Waals surface area contributed by atoms with Crippen LogP contribution in [-0.2, 0) is 21.0 Å². The Bertz CT molecular complexity index is 1010. The second-order valence-electron chi connectivity index (χ2n) is 6.34. The lowest BCUT2D eigenvalue weighted by Crippen LogP contribution is -2.45. The highest BCUT2D eigenvalue weighted by atomic mass is 35.5. The van der Waals surface area contributed by atoms with Gasteiger partial charge in [0, 0.05) is 5.02 Å². The van der Waals surface area contributed by atoms with Crippen molar-refractivity contribution in [2.24, 2.45) is 0 Å². The summed E-state index contributed by atoms with van der Waals surface area (Å²) in [5.74, 6) is -0.440. The van der Waals surface area contributed by atoms with Crippen LogP contribution in [0, 0.1) is 0 Å². The summed E-state index contributed by atoms with van der Waals surface area (Å²) in [5, 5.41) is 2.00. The molecule has 0 bridgehead atoms. The van der Waals surface area contributed by atoms with Crippen LogP contribution in [0.4, 0.5) is 24.5 Å². The number of sulfonamides is 1. The maximum atomic E-state index is 13.3. The van der Waals surface area contributed by atoms with E-state index in [1.165, 1.54) is 37.3 Å². The van der Waals surface area contributed by atoms with Crippen molar-refractivity contribution < 1.29 is 31.1 Å². The van der Waals surface area contributed by atoms with Gasteiger partial charge in [0.2, 0.25) is 15.9 Å². The van der Waals surface area contributed by atoms with Crippen LogP contribution in [0.1, 0.15) is 19.4 Å². The first-order chi connectivity index (χ1) is 13.8. The first-order valence-electron chi connectivity index (χ1n) is 8.74. The molecule has 1 atom stereocenters. The van der Waals surface area contributed by atoms with Crippen LogP contribution in [0.5, 0.6) is 5.75 Å². The number of carbonyl (C=O) groups excluding carboxylic acids is 1. The van der Waals surface area contributed by atoms with Gasteiger partial charge in [0.25, 0.3) is 0 Å². The maximum absolute atomic E-state index is 13.3. The Labute approximate surface area is 177 Å². The summed E-state index contributed by atoms with van der Waals surface area (Å²) in [6.07, 6.45) is -3.86. The predicted molar refractivity (Wildman–Crippen MR) is 109 cm³/mol. The van der Waals surface area contributed by atoms with Crippen molar-refractivity contribution in [1.29, 1.82) is 0 Å². The van der Waals surface area contributed by atoms with Crippen molar-refractivity contribution >= 4 is 38.9 Å². The van der Waals surface area contributed by atoms with Gasteiger partial charge in [-0.3, -0.25) is 9.10 Å². The monoisotopic (exact) mass is 464 g/mol. The normalized spacial score (nSPS) is 12.9. The van der Waals surface area contributed by atoms with Crippen LogP contribution in [0.25, 0.3) is 0 Å². The maximum Gasteiger partial charge on any atom is 0.418 e. The van der Waals surface area contributed by atoms with E-state index in [0.717, 1.165) is 16.6 Å². The van der Waals surface area contributed by atoms with Gasteiger partial charge >= 0.3 is 6.18 Å². The van der Waals surface area contributed by atoms with Gasteiger partial charge < -0.3 is 10.1 Å². The van der Waals surface area contributed by atoms with Crippen LogP contribution in [0.15, 0.2) is 42.5 Å². The van der Waals surface area contributed by atoms with E-state index in [1.54, 1.807) is 6.92 Å². The largest absolute Gasteiger partial charge is 0.494 e. The van der Waals surface area contributed by atoms with Crippen LogP contribution < -0.4 is 14.4 Å². The highest BCUT2D eigenvalue weighted by Crippen LogP contribution is 2.36. The lowest BCUT2D eigenvalue weighted by Gasteiger charge is -2.28. The molecule has 11 heteroatoms. The van der Waals surface area contributed by atoms with E-state index in [2.05, 4.69) is 5.32 Å². The number of nitrogens with zero attached hydrogens (tertiary/aromatic N) is 1. The number of hydrogen-bond acceptors (Lipinski definition) is 4. The number of hydrogen-bond donors (Lipinski definition) is 1. The topological polar surface area (TPSA) is 75.7 Å². The third kappa shape index (κ3) is 5.79. The summed E-state index contributed by atoms with van der Waals surface area (Å²) in [4.78, 5) is 12.7. The van der Waals surface area contributed by atoms with E-state index in [0.29, 0.717) is 18.4 Å². The molecule has 2 rings (SSSR count). The molecule has 0 saturated heterocycles. The van der Waals surface area contributed by atoms with E-state index >= 15 is 0 Å². The Balaban J connectivity index is 2.36. The van der Waals surface area contributed by atoms with Gasteiger partial charge in [0.15, 0.2) is 0 Å². The number of halogens is 4. The SMILES string of the molecule is CCOc1ccc(N([C@H](C)C(=O)Nc2ccc(Cl)cc2C(F)(F)F)S(C)(=O)=O)cc1. The Hall–Kier alpha value is -2.46. The molecule has 30 heavy (non-hydrogen) atoms. The third-order valence-electron chi connectivity index (χ3n) is 4.04. The summed E-state index contributed by atoms with van der Waals surface area (Å²) >= 11 is 5.64. The fourth-order valence-electron chi connectivity index (χ4n) is 2.76. The van der Waals surface area contributed by atoms with Crippen LogP contribution >= 0.6 is 11.6 Å². The Morgan fingerprint density at radius 1 is 1.20 bits per heavy atom. The zero-order valence-electron chi connectivity index (χ0n) is 16.3. The first kappa shape index (κ1) is 23.8. The second-order valence-corrected chi connectivity index (χ2v) is 8.63. The molecule has 0 saturated carbocycles. The standard InChI is InChI=1S/C19H20ClF3N2O4S/c1-4-29-15-8-6-14(7-9-15)25(30(3,27)28)12(2)18(26)24-17-10-5-13(20)11-16(17)19(21,22)23/h5-12H,4H2,1-3H3,(H,24,26)/t12-/m1/s1. The number of alkyl halides is 3. The van der Waals surface area contributed by atoms with Gasteiger partial charge in [0.05, 0.1) is 29.8 Å². The van der Waals surface area contributed by atoms with Gasteiger partial charge in [-0.1, -0.05) is 11.6 Å². The molecule has 0 radical (unpaired) electrons. The third-order valence-corrected chi connectivity index (χ3v) is 5.51. The molecular weight excluding hydrogens is 445 g/mol.